The molecule has 0 saturated heterocycles. The summed E-state index contributed by atoms with van der Waals surface area (Å²) in [4.78, 5) is 1.36. The number of nitrogens with one attached hydrogen (secondary N) is 1. The lowest BCUT2D eigenvalue weighted by molar-refractivity contribution is 0.200. The molecular weight excluding hydrogens is 310 g/mol. The van der Waals surface area contributed by atoms with E-state index in [1.54, 1.807) is 7.11 Å². The van der Waals surface area contributed by atoms with Gasteiger partial charge in [-0.15, -0.1) is 11.8 Å². The average Bonchev–Trinajstić information content (AvgIpc) is 2.37. The number of methoxy groups -OCH3 is 1. The highest BCUT2D eigenvalue weighted by Gasteiger charge is 2.04. The molecule has 0 heterocycles. The standard InChI is InChI=1S/C14H22BrNOS/c1-3-7-16-11-12-5-6-13(15)10-14(12)18-9-4-8-17-2/h5-6,10,16H,3-4,7-9,11H2,1-2H3. The van der Waals surface area contributed by atoms with Crippen molar-refractivity contribution < 1.29 is 4.74 Å². The fourth-order valence-electron chi connectivity index (χ4n) is 1.59. The highest BCUT2D eigenvalue weighted by atomic mass is 79.9. The van der Waals surface area contributed by atoms with E-state index in [-0.39, 0.29) is 0 Å². The summed E-state index contributed by atoms with van der Waals surface area (Å²) in [6, 6.07) is 6.52. The van der Waals surface area contributed by atoms with Crippen LogP contribution in [0.5, 0.6) is 0 Å². The van der Waals surface area contributed by atoms with Crippen LogP contribution in [-0.4, -0.2) is 26.0 Å². The summed E-state index contributed by atoms with van der Waals surface area (Å²) in [6.45, 7) is 5.05. The maximum Gasteiger partial charge on any atom is 0.0470 e. The van der Waals surface area contributed by atoms with Crippen molar-refractivity contribution in [2.24, 2.45) is 0 Å². The van der Waals surface area contributed by atoms with E-state index in [9.17, 15) is 0 Å². The Morgan fingerprint density at radius 1 is 1.39 bits per heavy atom. The monoisotopic (exact) mass is 331 g/mol. The predicted octanol–water partition coefficient (Wildman–Crippen LogP) is 4.08. The van der Waals surface area contributed by atoms with Gasteiger partial charge in [0, 0.05) is 35.4 Å². The molecule has 0 bridgehead atoms. The number of thioether (sulfide) groups is 1. The van der Waals surface area contributed by atoms with Gasteiger partial charge in [-0.25, -0.2) is 0 Å². The third kappa shape index (κ3) is 6.23. The largest absolute Gasteiger partial charge is 0.385 e. The Bertz CT molecular complexity index is 347. The zero-order valence-electron chi connectivity index (χ0n) is 11.2. The molecule has 1 aromatic rings. The molecule has 0 aliphatic carbocycles. The lowest BCUT2D eigenvalue weighted by atomic mass is 10.2. The van der Waals surface area contributed by atoms with Crippen LogP contribution < -0.4 is 5.32 Å². The van der Waals surface area contributed by atoms with E-state index >= 15 is 0 Å². The second kappa shape index (κ2) is 9.84. The molecule has 0 unspecified atom stereocenters. The summed E-state index contributed by atoms with van der Waals surface area (Å²) in [6.07, 6.45) is 2.27. The summed E-state index contributed by atoms with van der Waals surface area (Å²) in [7, 11) is 1.75. The SMILES string of the molecule is CCCNCc1ccc(Br)cc1SCCCOC. The normalized spacial score (nSPS) is 10.8. The molecular formula is C14H22BrNOS. The van der Waals surface area contributed by atoms with Crippen LogP contribution in [-0.2, 0) is 11.3 Å². The van der Waals surface area contributed by atoms with Gasteiger partial charge < -0.3 is 10.1 Å². The average molecular weight is 332 g/mol. The molecule has 0 radical (unpaired) electrons. The van der Waals surface area contributed by atoms with Gasteiger partial charge in [0.1, 0.15) is 0 Å². The first kappa shape index (κ1) is 16.0. The van der Waals surface area contributed by atoms with Crippen LogP contribution in [0.2, 0.25) is 0 Å². The van der Waals surface area contributed by atoms with Crippen molar-refractivity contribution in [3.8, 4) is 0 Å². The highest BCUT2D eigenvalue weighted by molar-refractivity contribution is 9.10. The van der Waals surface area contributed by atoms with Crippen LogP contribution in [0.1, 0.15) is 25.3 Å². The highest BCUT2D eigenvalue weighted by Crippen LogP contribution is 2.27. The molecule has 0 atom stereocenters. The van der Waals surface area contributed by atoms with Gasteiger partial charge in [0.15, 0.2) is 0 Å². The van der Waals surface area contributed by atoms with Crippen LogP contribution in [0, 0.1) is 0 Å². The third-order valence-corrected chi connectivity index (χ3v) is 4.20. The minimum Gasteiger partial charge on any atom is -0.385 e. The van der Waals surface area contributed by atoms with Crippen LogP contribution in [0.15, 0.2) is 27.6 Å². The molecule has 0 aliphatic heterocycles. The van der Waals surface area contributed by atoms with E-state index in [1.807, 2.05) is 11.8 Å². The second-order valence-electron chi connectivity index (χ2n) is 4.12. The van der Waals surface area contributed by atoms with Crippen molar-refractivity contribution >= 4 is 27.7 Å². The van der Waals surface area contributed by atoms with Gasteiger partial charge in [-0.3, -0.25) is 0 Å². The zero-order chi connectivity index (χ0) is 13.2. The predicted molar refractivity (Wildman–Crippen MR) is 83.4 cm³/mol. The fraction of sp³-hybridized carbons (Fsp3) is 0.571. The maximum absolute atomic E-state index is 5.08. The van der Waals surface area contributed by atoms with Crippen LogP contribution in [0.25, 0.3) is 0 Å². The molecule has 1 aromatic carbocycles. The van der Waals surface area contributed by atoms with Gasteiger partial charge in [-0.1, -0.05) is 28.9 Å². The minimum atomic E-state index is 0.838. The van der Waals surface area contributed by atoms with Crippen molar-refractivity contribution in [2.45, 2.75) is 31.2 Å². The Balaban J connectivity index is 2.53. The van der Waals surface area contributed by atoms with Crippen molar-refractivity contribution in [3.05, 3.63) is 28.2 Å². The van der Waals surface area contributed by atoms with E-state index in [2.05, 4.69) is 46.4 Å². The summed E-state index contributed by atoms with van der Waals surface area (Å²) in [5.74, 6) is 1.10. The molecule has 1 rings (SSSR count). The third-order valence-electron chi connectivity index (χ3n) is 2.52. The van der Waals surface area contributed by atoms with Gasteiger partial charge in [-0.2, -0.15) is 0 Å². The number of rotatable bonds is 9. The lowest BCUT2D eigenvalue weighted by Crippen LogP contribution is -2.14. The van der Waals surface area contributed by atoms with Gasteiger partial charge in [0.2, 0.25) is 0 Å². The van der Waals surface area contributed by atoms with E-state index in [0.717, 1.165) is 36.3 Å². The number of benzene rings is 1. The number of hydrogen-bond donors (Lipinski definition) is 1. The maximum atomic E-state index is 5.08. The van der Waals surface area contributed by atoms with Crippen LogP contribution in [0.3, 0.4) is 0 Å². The number of ether oxygens (including phenoxy) is 1. The zero-order valence-corrected chi connectivity index (χ0v) is 13.6. The topological polar surface area (TPSA) is 21.3 Å². The first-order valence-electron chi connectivity index (χ1n) is 6.38. The van der Waals surface area contributed by atoms with Crippen molar-refractivity contribution in [3.63, 3.8) is 0 Å². The van der Waals surface area contributed by atoms with E-state index in [4.69, 9.17) is 4.74 Å². The van der Waals surface area contributed by atoms with Crippen molar-refractivity contribution in [1.82, 2.24) is 5.32 Å². The van der Waals surface area contributed by atoms with E-state index in [0.29, 0.717) is 0 Å². The van der Waals surface area contributed by atoms with Gasteiger partial charge >= 0.3 is 0 Å². The number of hydrogen-bond acceptors (Lipinski definition) is 3. The Hall–Kier alpha value is -0.0300. The molecule has 0 amide bonds. The summed E-state index contributed by atoms with van der Waals surface area (Å²) in [5.41, 5.74) is 1.38. The molecule has 0 aromatic heterocycles. The van der Waals surface area contributed by atoms with Crippen molar-refractivity contribution in [1.29, 1.82) is 0 Å². The van der Waals surface area contributed by atoms with Crippen molar-refractivity contribution in [2.75, 3.05) is 26.0 Å². The van der Waals surface area contributed by atoms with Crippen LogP contribution >= 0.6 is 27.7 Å². The van der Waals surface area contributed by atoms with Crippen LogP contribution in [0.4, 0.5) is 0 Å². The Morgan fingerprint density at radius 3 is 2.94 bits per heavy atom. The van der Waals surface area contributed by atoms with Gasteiger partial charge in [-0.05, 0) is 37.1 Å². The van der Waals surface area contributed by atoms with E-state index < -0.39 is 0 Å². The summed E-state index contributed by atoms with van der Waals surface area (Å²) >= 11 is 5.45. The lowest BCUT2D eigenvalue weighted by Gasteiger charge is -2.10. The quantitative estimate of drug-likeness (QED) is 0.544. The molecule has 0 saturated carbocycles. The first-order valence-corrected chi connectivity index (χ1v) is 8.16. The second-order valence-corrected chi connectivity index (χ2v) is 6.18. The molecule has 0 fully saturated rings. The number of halogens is 1. The molecule has 2 nitrogen and oxygen atoms in total. The first-order chi connectivity index (χ1) is 8.77. The molecule has 18 heavy (non-hydrogen) atoms. The van der Waals surface area contributed by atoms with E-state index in [1.165, 1.54) is 16.9 Å². The Kier molecular flexibility index (Phi) is 8.76. The summed E-state index contributed by atoms with van der Waals surface area (Å²) < 4.78 is 6.23. The molecule has 0 spiro atoms. The molecule has 4 heteroatoms. The molecule has 102 valence electrons. The fourth-order valence-corrected chi connectivity index (χ4v) is 3.12. The Morgan fingerprint density at radius 2 is 2.22 bits per heavy atom. The Labute approximate surface area is 123 Å². The minimum absolute atomic E-state index is 0.838. The smallest absolute Gasteiger partial charge is 0.0470 e. The molecule has 1 N–H and O–H groups in total. The van der Waals surface area contributed by atoms with Gasteiger partial charge in [0.25, 0.3) is 0 Å². The van der Waals surface area contributed by atoms with Gasteiger partial charge in [0.05, 0.1) is 0 Å². The summed E-state index contributed by atoms with van der Waals surface area (Å²) in [5, 5.41) is 3.46. The molecule has 0 aliphatic rings.